The Kier molecular flexibility index (Phi) is 5.90. The summed E-state index contributed by atoms with van der Waals surface area (Å²) < 4.78 is 55.3. The normalized spacial score (nSPS) is 11.4. The highest BCUT2D eigenvalue weighted by molar-refractivity contribution is 5.94. The molecule has 0 atom stereocenters. The first kappa shape index (κ1) is 16.4. The Morgan fingerprint density at radius 2 is 2.00 bits per heavy atom. The molecule has 0 aliphatic heterocycles. The van der Waals surface area contributed by atoms with Crippen LogP contribution in [0.1, 0.15) is 15.9 Å². The smallest absolute Gasteiger partial charge is 0.394 e. The Morgan fingerprint density at radius 3 is 2.60 bits per heavy atom. The lowest BCUT2D eigenvalue weighted by molar-refractivity contribution is -0.140. The summed E-state index contributed by atoms with van der Waals surface area (Å²) in [5, 5.41) is 10.8. The lowest BCUT2D eigenvalue weighted by Crippen LogP contribution is -2.28. The van der Waals surface area contributed by atoms with Crippen LogP contribution in [0, 0.1) is 5.82 Å². The van der Waals surface area contributed by atoms with Gasteiger partial charge in [-0.25, -0.2) is 4.39 Å². The number of halogens is 4. The van der Waals surface area contributed by atoms with Gasteiger partial charge in [-0.15, -0.1) is 0 Å². The van der Waals surface area contributed by atoms with Crippen molar-refractivity contribution in [2.24, 2.45) is 0 Å². The van der Waals surface area contributed by atoms with Gasteiger partial charge in [0.15, 0.2) is 0 Å². The molecule has 0 saturated heterocycles. The summed E-state index contributed by atoms with van der Waals surface area (Å²) in [5.41, 5.74) is -1.78. The summed E-state index contributed by atoms with van der Waals surface area (Å²) in [6, 6.07) is 2.02. The van der Waals surface area contributed by atoms with Crippen molar-refractivity contribution >= 4 is 5.91 Å². The SMILES string of the molecule is O=C(NCCOCCO)c1ccc(F)c(C(F)(F)F)c1. The van der Waals surface area contributed by atoms with E-state index < -0.39 is 23.5 Å². The molecule has 0 aliphatic rings. The number of benzene rings is 1. The average Bonchev–Trinajstić information content (AvgIpc) is 2.37. The van der Waals surface area contributed by atoms with Gasteiger partial charge in [0.1, 0.15) is 5.82 Å². The number of hydrogen-bond acceptors (Lipinski definition) is 3. The second-order valence-electron chi connectivity index (χ2n) is 3.78. The molecule has 1 rings (SSSR count). The van der Waals surface area contributed by atoms with Crippen LogP contribution < -0.4 is 5.32 Å². The van der Waals surface area contributed by atoms with Crippen molar-refractivity contribution in [1.82, 2.24) is 5.32 Å². The van der Waals surface area contributed by atoms with Gasteiger partial charge >= 0.3 is 6.18 Å². The number of rotatable bonds is 6. The third-order valence-corrected chi connectivity index (χ3v) is 2.30. The molecule has 0 radical (unpaired) electrons. The summed E-state index contributed by atoms with van der Waals surface area (Å²) in [6.45, 7) is 0.114. The molecule has 0 aromatic heterocycles. The highest BCUT2D eigenvalue weighted by Crippen LogP contribution is 2.31. The molecule has 8 heteroatoms. The number of alkyl halides is 3. The summed E-state index contributed by atoms with van der Waals surface area (Å²) in [6.07, 6.45) is -4.86. The van der Waals surface area contributed by atoms with Crippen molar-refractivity contribution in [3.8, 4) is 0 Å². The van der Waals surface area contributed by atoms with Crippen molar-refractivity contribution in [2.45, 2.75) is 6.18 Å². The maximum absolute atomic E-state index is 13.0. The fourth-order valence-electron chi connectivity index (χ4n) is 1.39. The van der Waals surface area contributed by atoms with E-state index in [4.69, 9.17) is 9.84 Å². The van der Waals surface area contributed by atoms with Crippen LogP contribution in [0.4, 0.5) is 17.6 Å². The first-order valence-electron chi connectivity index (χ1n) is 5.70. The lowest BCUT2D eigenvalue weighted by atomic mass is 10.1. The van der Waals surface area contributed by atoms with Crippen LogP contribution in [0.5, 0.6) is 0 Å². The second-order valence-corrected chi connectivity index (χ2v) is 3.78. The van der Waals surface area contributed by atoms with Crippen LogP contribution in [0.15, 0.2) is 18.2 Å². The van der Waals surface area contributed by atoms with Crippen molar-refractivity contribution in [3.63, 3.8) is 0 Å². The third kappa shape index (κ3) is 4.78. The predicted molar refractivity (Wildman–Crippen MR) is 61.6 cm³/mol. The molecule has 0 bridgehead atoms. The summed E-state index contributed by atoms with van der Waals surface area (Å²) in [4.78, 5) is 11.6. The molecule has 0 saturated carbocycles. The van der Waals surface area contributed by atoms with Gasteiger partial charge in [0, 0.05) is 12.1 Å². The average molecular weight is 295 g/mol. The van der Waals surface area contributed by atoms with E-state index in [-0.39, 0.29) is 31.9 Å². The quantitative estimate of drug-likeness (QED) is 0.619. The van der Waals surface area contributed by atoms with Gasteiger partial charge in [-0.1, -0.05) is 0 Å². The summed E-state index contributed by atoms with van der Waals surface area (Å²) in [7, 11) is 0. The topological polar surface area (TPSA) is 58.6 Å². The van der Waals surface area contributed by atoms with Gasteiger partial charge in [-0.05, 0) is 18.2 Å². The van der Waals surface area contributed by atoms with Crippen LogP contribution in [0.2, 0.25) is 0 Å². The number of carbonyl (C=O) groups excluding carboxylic acids is 1. The Labute approximate surface area is 112 Å². The van der Waals surface area contributed by atoms with Gasteiger partial charge in [0.2, 0.25) is 0 Å². The Hall–Kier alpha value is -1.67. The molecule has 112 valence electrons. The Bertz CT molecular complexity index is 463. The fourth-order valence-corrected chi connectivity index (χ4v) is 1.39. The largest absolute Gasteiger partial charge is 0.419 e. The van der Waals surface area contributed by atoms with E-state index in [0.717, 1.165) is 6.07 Å². The molecule has 0 spiro atoms. The number of ether oxygens (including phenoxy) is 1. The van der Waals surface area contributed by atoms with Crippen LogP contribution >= 0.6 is 0 Å². The minimum atomic E-state index is -4.86. The van der Waals surface area contributed by atoms with E-state index in [0.29, 0.717) is 12.1 Å². The molecular weight excluding hydrogens is 282 g/mol. The van der Waals surface area contributed by atoms with Crippen molar-refractivity contribution in [2.75, 3.05) is 26.4 Å². The molecule has 0 fully saturated rings. The number of carbonyl (C=O) groups is 1. The van der Waals surface area contributed by atoms with Crippen LogP contribution in [-0.4, -0.2) is 37.4 Å². The van der Waals surface area contributed by atoms with Crippen molar-refractivity contribution in [3.05, 3.63) is 35.1 Å². The highest BCUT2D eigenvalue weighted by atomic mass is 19.4. The maximum atomic E-state index is 13.0. The minimum absolute atomic E-state index is 0.0670. The number of aliphatic hydroxyl groups is 1. The molecule has 0 aliphatic carbocycles. The third-order valence-electron chi connectivity index (χ3n) is 2.30. The van der Waals surface area contributed by atoms with Gasteiger partial charge in [-0.2, -0.15) is 13.2 Å². The lowest BCUT2D eigenvalue weighted by Gasteiger charge is -2.10. The number of amides is 1. The Morgan fingerprint density at radius 1 is 1.30 bits per heavy atom. The molecule has 1 amide bonds. The van der Waals surface area contributed by atoms with Gasteiger partial charge in [0.25, 0.3) is 5.91 Å². The predicted octanol–water partition coefficient (Wildman–Crippen LogP) is 1.58. The first-order chi connectivity index (χ1) is 9.36. The first-order valence-corrected chi connectivity index (χ1v) is 5.70. The van der Waals surface area contributed by atoms with Gasteiger partial charge in [-0.3, -0.25) is 4.79 Å². The van der Waals surface area contributed by atoms with Crippen molar-refractivity contribution < 1.29 is 32.2 Å². The molecule has 1 aromatic carbocycles. The van der Waals surface area contributed by atoms with E-state index in [9.17, 15) is 22.4 Å². The second kappa shape index (κ2) is 7.20. The summed E-state index contributed by atoms with van der Waals surface area (Å²) >= 11 is 0. The monoisotopic (exact) mass is 295 g/mol. The molecule has 4 nitrogen and oxygen atoms in total. The van der Waals surface area contributed by atoms with Crippen LogP contribution in [-0.2, 0) is 10.9 Å². The van der Waals surface area contributed by atoms with E-state index in [1.807, 2.05) is 0 Å². The minimum Gasteiger partial charge on any atom is -0.394 e. The molecule has 0 heterocycles. The summed E-state index contributed by atoms with van der Waals surface area (Å²) in [5.74, 6) is -2.19. The Balaban J connectivity index is 2.65. The zero-order valence-corrected chi connectivity index (χ0v) is 10.3. The molecule has 2 N–H and O–H groups in total. The fraction of sp³-hybridized carbons (Fsp3) is 0.417. The zero-order chi connectivity index (χ0) is 15.2. The van der Waals surface area contributed by atoms with E-state index in [1.54, 1.807) is 0 Å². The highest BCUT2D eigenvalue weighted by Gasteiger charge is 2.34. The molecule has 20 heavy (non-hydrogen) atoms. The van der Waals surface area contributed by atoms with Gasteiger partial charge < -0.3 is 15.2 Å². The van der Waals surface area contributed by atoms with Crippen molar-refractivity contribution in [1.29, 1.82) is 0 Å². The van der Waals surface area contributed by atoms with Crippen LogP contribution in [0.25, 0.3) is 0 Å². The van der Waals surface area contributed by atoms with E-state index in [1.165, 1.54) is 0 Å². The van der Waals surface area contributed by atoms with Gasteiger partial charge in [0.05, 0.1) is 25.4 Å². The standard InChI is InChI=1S/C12H13F4NO3/c13-10-2-1-8(7-9(10)12(14,15)16)11(19)17-3-5-20-6-4-18/h1-2,7,18H,3-6H2,(H,17,19). The van der Waals surface area contributed by atoms with Crippen LogP contribution in [0.3, 0.4) is 0 Å². The zero-order valence-electron chi connectivity index (χ0n) is 10.3. The molecule has 1 aromatic rings. The molecule has 0 unspecified atom stereocenters. The van der Waals surface area contributed by atoms with E-state index >= 15 is 0 Å². The maximum Gasteiger partial charge on any atom is 0.419 e. The number of aliphatic hydroxyl groups excluding tert-OH is 1. The van der Waals surface area contributed by atoms with E-state index in [2.05, 4.69) is 5.32 Å². The number of hydrogen-bond donors (Lipinski definition) is 2. The molecular formula is C12H13F4NO3. The number of nitrogens with one attached hydrogen (secondary N) is 1.